The lowest BCUT2D eigenvalue weighted by atomic mass is 10.0. The van der Waals surface area contributed by atoms with Gasteiger partial charge in [-0.05, 0) is 25.0 Å². The van der Waals surface area contributed by atoms with Crippen molar-refractivity contribution >= 4 is 11.7 Å². The Labute approximate surface area is 157 Å². The highest BCUT2D eigenvalue weighted by Gasteiger charge is 2.25. The van der Waals surface area contributed by atoms with Crippen LogP contribution >= 0.6 is 0 Å². The molecule has 0 fully saturated rings. The quantitative estimate of drug-likeness (QED) is 0.672. The third-order valence-corrected chi connectivity index (χ3v) is 4.65. The van der Waals surface area contributed by atoms with Gasteiger partial charge in [-0.15, -0.1) is 0 Å². The Hall–Kier alpha value is -3.29. The predicted molar refractivity (Wildman–Crippen MR) is 100 cm³/mol. The summed E-state index contributed by atoms with van der Waals surface area (Å²) in [5, 5.41) is 3.41. The van der Waals surface area contributed by atoms with E-state index in [0.29, 0.717) is 18.7 Å². The van der Waals surface area contributed by atoms with Crippen molar-refractivity contribution in [3.63, 3.8) is 0 Å². The van der Waals surface area contributed by atoms with Crippen molar-refractivity contribution in [3.05, 3.63) is 66.4 Å². The van der Waals surface area contributed by atoms with Gasteiger partial charge in [0.15, 0.2) is 0 Å². The molecule has 1 aliphatic rings. The Bertz CT molecular complexity index is 896. The standard InChI is InChI=1S/C19H21N7O/c27-19(15-3-1-5-20-11-15)26-9-4-16-17(12-26)23-13-24-18(16)22-6-2-8-25-10-7-21-14-25/h1,3,5,7,10-11,13-14H,2,4,6,8-9,12H2,(H,22,23,24). The van der Waals surface area contributed by atoms with Gasteiger partial charge in [0.05, 0.1) is 24.1 Å². The van der Waals surface area contributed by atoms with Crippen LogP contribution in [-0.4, -0.2) is 48.4 Å². The van der Waals surface area contributed by atoms with Crippen molar-refractivity contribution in [1.29, 1.82) is 0 Å². The number of hydrogen-bond acceptors (Lipinski definition) is 6. The van der Waals surface area contributed by atoms with Crippen LogP contribution in [0, 0.1) is 0 Å². The predicted octanol–water partition coefficient (Wildman–Crippen LogP) is 1.77. The Morgan fingerprint density at radius 1 is 1.22 bits per heavy atom. The summed E-state index contributed by atoms with van der Waals surface area (Å²) < 4.78 is 2.05. The minimum atomic E-state index is -0.0118. The molecule has 0 unspecified atom stereocenters. The van der Waals surface area contributed by atoms with Crippen molar-refractivity contribution in [3.8, 4) is 0 Å². The molecule has 1 amide bonds. The molecule has 0 spiro atoms. The molecule has 1 aliphatic heterocycles. The first-order chi connectivity index (χ1) is 13.3. The topological polar surface area (TPSA) is 88.8 Å². The number of hydrogen-bond donors (Lipinski definition) is 1. The van der Waals surface area contributed by atoms with E-state index >= 15 is 0 Å². The van der Waals surface area contributed by atoms with Crippen LogP contribution in [0.25, 0.3) is 0 Å². The average Bonchev–Trinajstić information content (AvgIpc) is 3.24. The van der Waals surface area contributed by atoms with Crippen LogP contribution < -0.4 is 5.32 Å². The molecule has 0 saturated heterocycles. The number of aromatic nitrogens is 5. The Balaban J connectivity index is 1.38. The van der Waals surface area contributed by atoms with Crippen molar-refractivity contribution in [2.75, 3.05) is 18.4 Å². The molecule has 3 aromatic heterocycles. The van der Waals surface area contributed by atoms with E-state index < -0.39 is 0 Å². The maximum atomic E-state index is 12.6. The number of amides is 1. The minimum Gasteiger partial charge on any atom is -0.370 e. The van der Waals surface area contributed by atoms with Gasteiger partial charge < -0.3 is 14.8 Å². The van der Waals surface area contributed by atoms with Crippen LogP contribution in [-0.2, 0) is 19.5 Å². The van der Waals surface area contributed by atoms with Crippen molar-refractivity contribution in [2.24, 2.45) is 0 Å². The van der Waals surface area contributed by atoms with Gasteiger partial charge in [0.2, 0.25) is 0 Å². The largest absolute Gasteiger partial charge is 0.370 e. The van der Waals surface area contributed by atoms with Gasteiger partial charge in [0.25, 0.3) is 5.91 Å². The number of carbonyl (C=O) groups is 1. The Kier molecular flexibility index (Phi) is 5.04. The summed E-state index contributed by atoms with van der Waals surface area (Å²) >= 11 is 0. The smallest absolute Gasteiger partial charge is 0.255 e. The lowest BCUT2D eigenvalue weighted by molar-refractivity contribution is 0.0731. The van der Waals surface area contributed by atoms with Crippen molar-refractivity contribution < 1.29 is 4.79 Å². The lowest BCUT2D eigenvalue weighted by Gasteiger charge is -2.29. The molecule has 8 heteroatoms. The van der Waals surface area contributed by atoms with Crippen molar-refractivity contribution in [1.82, 2.24) is 29.4 Å². The zero-order valence-corrected chi connectivity index (χ0v) is 15.0. The summed E-state index contributed by atoms with van der Waals surface area (Å²) in [7, 11) is 0. The van der Waals surface area contributed by atoms with Crippen LogP contribution in [0.4, 0.5) is 5.82 Å². The molecule has 27 heavy (non-hydrogen) atoms. The number of carbonyl (C=O) groups excluding carboxylic acids is 1. The summed E-state index contributed by atoms with van der Waals surface area (Å²) in [6.45, 7) is 2.88. The molecule has 0 atom stereocenters. The summed E-state index contributed by atoms with van der Waals surface area (Å²) in [6, 6.07) is 3.57. The average molecular weight is 363 g/mol. The molecular weight excluding hydrogens is 342 g/mol. The molecule has 0 saturated carbocycles. The highest BCUT2D eigenvalue weighted by atomic mass is 16.2. The van der Waals surface area contributed by atoms with E-state index in [1.54, 1.807) is 37.1 Å². The van der Waals surface area contributed by atoms with Gasteiger partial charge in [0.1, 0.15) is 12.1 Å². The summed E-state index contributed by atoms with van der Waals surface area (Å²) in [5.74, 6) is 0.862. The van der Waals surface area contributed by atoms with Crippen LogP contribution in [0.3, 0.4) is 0 Å². The lowest BCUT2D eigenvalue weighted by Crippen LogP contribution is -2.37. The fourth-order valence-electron chi connectivity index (χ4n) is 3.24. The van der Waals surface area contributed by atoms with Gasteiger partial charge >= 0.3 is 0 Å². The fraction of sp³-hybridized carbons (Fsp3) is 0.316. The van der Waals surface area contributed by atoms with E-state index in [0.717, 1.165) is 43.0 Å². The second-order valence-corrected chi connectivity index (χ2v) is 6.45. The maximum Gasteiger partial charge on any atom is 0.255 e. The number of fused-ring (bicyclic) bond motifs is 1. The molecule has 0 radical (unpaired) electrons. The van der Waals surface area contributed by atoms with E-state index in [-0.39, 0.29) is 5.91 Å². The molecule has 4 heterocycles. The third-order valence-electron chi connectivity index (χ3n) is 4.65. The molecule has 8 nitrogen and oxygen atoms in total. The SMILES string of the molecule is O=C(c1cccnc1)N1CCc2c(ncnc2NCCCn2ccnc2)C1. The number of rotatable bonds is 6. The zero-order valence-electron chi connectivity index (χ0n) is 15.0. The monoisotopic (exact) mass is 363 g/mol. The van der Waals surface area contributed by atoms with Gasteiger partial charge in [-0.25, -0.2) is 15.0 Å². The van der Waals surface area contributed by atoms with E-state index in [9.17, 15) is 4.79 Å². The van der Waals surface area contributed by atoms with Gasteiger partial charge in [-0.2, -0.15) is 0 Å². The van der Waals surface area contributed by atoms with E-state index in [2.05, 4.69) is 29.8 Å². The van der Waals surface area contributed by atoms with E-state index in [1.165, 1.54) is 0 Å². The highest BCUT2D eigenvalue weighted by Crippen LogP contribution is 2.23. The van der Waals surface area contributed by atoms with Crippen LogP contribution in [0.5, 0.6) is 0 Å². The molecule has 1 N–H and O–H groups in total. The second kappa shape index (κ2) is 7.94. The number of anilines is 1. The number of aryl methyl sites for hydroxylation is 1. The number of nitrogens with zero attached hydrogens (tertiary/aromatic N) is 6. The fourth-order valence-corrected chi connectivity index (χ4v) is 3.24. The third kappa shape index (κ3) is 3.94. The summed E-state index contributed by atoms with van der Waals surface area (Å²) in [4.78, 5) is 31.3. The summed E-state index contributed by atoms with van der Waals surface area (Å²) in [5.41, 5.74) is 2.62. The first kappa shape index (κ1) is 17.1. The molecular formula is C19H21N7O. The van der Waals surface area contributed by atoms with Gasteiger partial charge in [-0.1, -0.05) is 0 Å². The molecule has 138 valence electrons. The number of nitrogens with one attached hydrogen (secondary N) is 1. The maximum absolute atomic E-state index is 12.6. The molecule has 3 aromatic rings. The van der Waals surface area contributed by atoms with E-state index in [4.69, 9.17) is 0 Å². The second-order valence-electron chi connectivity index (χ2n) is 6.45. The van der Waals surface area contributed by atoms with Crippen LogP contribution in [0.1, 0.15) is 28.0 Å². The Morgan fingerprint density at radius 2 is 2.19 bits per heavy atom. The first-order valence-corrected chi connectivity index (χ1v) is 9.03. The Morgan fingerprint density at radius 3 is 3.00 bits per heavy atom. The highest BCUT2D eigenvalue weighted by molar-refractivity contribution is 5.94. The molecule has 4 rings (SSSR count). The number of pyridine rings is 1. The molecule has 0 bridgehead atoms. The number of imidazole rings is 1. The molecule has 0 aliphatic carbocycles. The van der Waals surface area contributed by atoms with Crippen molar-refractivity contribution in [2.45, 2.75) is 25.9 Å². The minimum absolute atomic E-state index is 0.0118. The van der Waals surface area contributed by atoms with Crippen LogP contribution in [0.2, 0.25) is 0 Å². The zero-order chi connectivity index (χ0) is 18.5. The molecule has 0 aromatic carbocycles. The van der Waals surface area contributed by atoms with Crippen LogP contribution in [0.15, 0.2) is 49.6 Å². The van der Waals surface area contributed by atoms with Gasteiger partial charge in [0, 0.05) is 50.0 Å². The first-order valence-electron chi connectivity index (χ1n) is 9.03. The normalized spacial score (nSPS) is 13.3. The van der Waals surface area contributed by atoms with Gasteiger partial charge in [-0.3, -0.25) is 9.78 Å². The van der Waals surface area contributed by atoms with E-state index in [1.807, 2.05) is 17.4 Å². The summed E-state index contributed by atoms with van der Waals surface area (Å²) in [6.07, 6.45) is 12.1.